The number of nitrogens with one attached hydrogen (secondary N) is 1. The number of nitrogens with zero attached hydrogens (tertiary/aromatic N) is 1. The van der Waals surface area contributed by atoms with E-state index in [0.717, 1.165) is 55.1 Å². The maximum atomic E-state index is 13.7. The number of rotatable bonds is 5. The number of methoxy groups -OCH3 is 1. The lowest BCUT2D eigenvalue weighted by Gasteiger charge is -2.48. The molecule has 0 spiro atoms. The molecule has 4 rings (SSSR count). The summed E-state index contributed by atoms with van der Waals surface area (Å²) in [5.74, 6) is -0.485. The number of benzene rings is 2. The van der Waals surface area contributed by atoms with Gasteiger partial charge in [0, 0.05) is 17.0 Å². The Morgan fingerprint density at radius 2 is 1.91 bits per heavy atom. The first-order chi connectivity index (χ1) is 15.2. The third-order valence-electron chi connectivity index (χ3n) is 6.97. The fourth-order valence-electron chi connectivity index (χ4n) is 5.37. The Kier molecular flexibility index (Phi) is 6.20. The number of hydrogen-bond acceptors (Lipinski definition) is 4. The summed E-state index contributed by atoms with van der Waals surface area (Å²) in [4.78, 5) is 16.3. The number of amides is 1. The lowest BCUT2D eigenvalue weighted by molar-refractivity contribution is -0.137. The van der Waals surface area contributed by atoms with Crippen molar-refractivity contribution >= 4 is 17.7 Å². The van der Waals surface area contributed by atoms with Crippen LogP contribution in [-0.4, -0.2) is 43.3 Å². The van der Waals surface area contributed by atoms with Crippen LogP contribution in [0.3, 0.4) is 0 Å². The van der Waals surface area contributed by atoms with Crippen LogP contribution in [0.2, 0.25) is 0 Å². The van der Waals surface area contributed by atoms with Crippen LogP contribution >= 0.6 is 11.8 Å². The summed E-state index contributed by atoms with van der Waals surface area (Å²) in [5.41, 5.74) is -0.291. The second-order valence-corrected chi connectivity index (χ2v) is 9.34. The van der Waals surface area contributed by atoms with Crippen molar-refractivity contribution in [2.45, 2.75) is 54.4 Å². The molecule has 3 unspecified atom stereocenters. The molecule has 2 bridgehead atoms. The van der Waals surface area contributed by atoms with Crippen molar-refractivity contribution in [3.63, 3.8) is 0 Å². The van der Waals surface area contributed by atoms with Crippen molar-refractivity contribution in [3.8, 4) is 5.75 Å². The zero-order valence-electron chi connectivity index (χ0n) is 18.3. The van der Waals surface area contributed by atoms with Crippen molar-refractivity contribution in [2.75, 3.05) is 20.4 Å². The monoisotopic (exact) mass is 464 g/mol. The normalized spacial score (nSPS) is 25.6. The number of ether oxygens (including phenoxy) is 1. The molecule has 32 heavy (non-hydrogen) atoms. The third-order valence-corrected chi connectivity index (χ3v) is 7.73. The Morgan fingerprint density at radius 1 is 1.19 bits per heavy atom. The van der Waals surface area contributed by atoms with Gasteiger partial charge in [0.05, 0.1) is 23.8 Å². The highest BCUT2D eigenvalue weighted by atomic mass is 32.2. The molecular weight excluding hydrogens is 437 g/mol. The van der Waals surface area contributed by atoms with Gasteiger partial charge in [-0.15, -0.1) is 11.8 Å². The van der Waals surface area contributed by atoms with Gasteiger partial charge in [0.1, 0.15) is 5.75 Å². The molecule has 2 aromatic rings. The molecule has 2 heterocycles. The Bertz CT molecular complexity index is 973. The predicted octanol–water partition coefficient (Wildman–Crippen LogP) is 5.32. The summed E-state index contributed by atoms with van der Waals surface area (Å²) >= 11 is 1.10. The molecule has 2 aliphatic heterocycles. The SMILES string of the molecule is COc1cc(C(F)(F)F)cc(SC)c1C(=O)NC1(c2ccccc2)CCC2CCC1N2C. The van der Waals surface area contributed by atoms with Crippen molar-refractivity contribution in [2.24, 2.45) is 0 Å². The van der Waals surface area contributed by atoms with Crippen LogP contribution < -0.4 is 10.1 Å². The summed E-state index contributed by atoms with van der Waals surface area (Å²) < 4.78 is 45.4. The van der Waals surface area contributed by atoms with Gasteiger partial charge < -0.3 is 10.1 Å². The molecule has 2 saturated heterocycles. The van der Waals surface area contributed by atoms with Gasteiger partial charge in [-0.1, -0.05) is 30.3 Å². The summed E-state index contributed by atoms with van der Waals surface area (Å²) in [6.45, 7) is 0. The van der Waals surface area contributed by atoms with Crippen molar-refractivity contribution < 1.29 is 22.7 Å². The smallest absolute Gasteiger partial charge is 0.416 e. The van der Waals surface area contributed by atoms with Crippen LogP contribution in [0.4, 0.5) is 13.2 Å². The van der Waals surface area contributed by atoms with Crippen molar-refractivity contribution in [1.29, 1.82) is 0 Å². The number of likely N-dealkylation sites (N-methyl/N-ethyl adjacent to an activating group) is 1. The quantitative estimate of drug-likeness (QED) is 0.609. The molecule has 3 atom stereocenters. The second kappa shape index (κ2) is 8.63. The maximum Gasteiger partial charge on any atom is 0.416 e. The largest absolute Gasteiger partial charge is 0.496 e. The molecule has 0 radical (unpaired) electrons. The summed E-state index contributed by atoms with van der Waals surface area (Å²) in [7, 11) is 3.39. The first kappa shape index (κ1) is 23.0. The molecule has 4 nitrogen and oxygen atoms in total. The predicted molar refractivity (Wildman–Crippen MR) is 119 cm³/mol. The van der Waals surface area contributed by atoms with Gasteiger partial charge in [-0.3, -0.25) is 9.69 Å². The van der Waals surface area contributed by atoms with E-state index in [4.69, 9.17) is 4.74 Å². The first-order valence-corrected chi connectivity index (χ1v) is 11.9. The van der Waals surface area contributed by atoms with Crippen LogP contribution in [0.15, 0.2) is 47.4 Å². The number of hydrogen-bond donors (Lipinski definition) is 1. The third kappa shape index (κ3) is 3.88. The molecule has 0 aromatic heterocycles. The van der Waals surface area contributed by atoms with Crippen LogP contribution in [0, 0.1) is 0 Å². The standard InChI is InChI=1S/C24H27F3N2O2S/c1-29-17-9-10-20(29)23(12-11-17,15-7-5-4-6-8-15)28-22(30)21-18(31-2)13-16(24(25,26)27)14-19(21)32-3/h4-8,13-14,17,20H,9-12H2,1-3H3,(H,28,30). The molecule has 0 aliphatic carbocycles. The molecule has 8 heteroatoms. The Morgan fingerprint density at radius 3 is 2.53 bits per heavy atom. The number of fused-ring (bicyclic) bond motifs is 2. The van der Waals surface area contributed by atoms with Crippen LogP contribution in [0.25, 0.3) is 0 Å². The van der Waals surface area contributed by atoms with E-state index in [2.05, 4.69) is 17.3 Å². The van der Waals surface area contributed by atoms with E-state index in [9.17, 15) is 18.0 Å². The molecule has 2 fully saturated rings. The molecular formula is C24H27F3N2O2S. The summed E-state index contributed by atoms with van der Waals surface area (Å²) in [6.07, 6.45) is 0.889. The lowest BCUT2D eigenvalue weighted by atomic mass is 9.76. The highest BCUT2D eigenvalue weighted by Gasteiger charge is 2.52. The molecule has 172 valence electrons. The van der Waals surface area contributed by atoms with Crippen LogP contribution in [-0.2, 0) is 11.7 Å². The fourth-order valence-corrected chi connectivity index (χ4v) is 6.01. The van der Waals surface area contributed by atoms with E-state index < -0.39 is 23.2 Å². The van der Waals surface area contributed by atoms with Gasteiger partial charge in [0.2, 0.25) is 0 Å². The van der Waals surface area contributed by atoms with Crippen LogP contribution in [0.5, 0.6) is 5.75 Å². The average molecular weight is 465 g/mol. The highest BCUT2D eigenvalue weighted by molar-refractivity contribution is 7.98. The maximum absolute atomic E-state index is 13.7. The molecule has 0 saturated carbocycles. The van der Waals surface area contributed by atoms with Crippen LogP contribution in [0.1, 0.15) is 47.2 Å². The highest BCUT2D eigenvalue weighted by Crippen LogP contribution is 2.47. The second-order valence-electron chi connectivity index (χ2n) is 8.50. The zero-order valence-corrected chi connectivity index (χ0v) is 19.1. The fraction of sp³-hybridized carbons (Fsp3) is 0.458. The van der Waals surface area contributed by atoms with Crippen molar-refractivity contribution in [1.82, 2.24) is 10.2 Å². The van der Waals surface area contributed by atoms with Gasteiger partial charge in [0.15, 0.2) is 0 Å². The van der Waals surface area contributed by atoms with E-state index >= 15 is 0 Å². The minimum Gasteiger partial charge on any atom is -0.496 e. The zero-order chi connectivity index (χ0) is 23.1. The Labute approximate surface area is 190 Å². The molecule has 1 N–H and O–H groups in total. The first-order valence-electron chi connectivity index (χ1n) is 10.6. The lowest BCUT2D eigenvalue weighted by Crippen LogP contribution is -2.61. The average Bonchev–Trinajstić information content (AvgIpc) is 3.04. The number of halogens is 3. The molecule has 1 amide bonds. The number of piperidine rings is 1. The van der Waals surface area contributed by atoms with E-state index in [1.54, 1.807) is 6.26 Å². The minimum absolute atomic E-state index is 0.0710. The van der Waals surface area contributed by atoms with Gasteiger partial charge in [-0.2, -0.15) is 13.2 Å². The van der Waals surface area contributed by atoms with E-state index in [-0.39, 0.29) is 22.3 Å². The van der Waals surface area contributed by atoms with E-state index in [1.165, 1.54) is 7.11 Å². The van der Waals surface area contributed by atoms with Gasteiger partial charge in [-0.05, 0) is 56.7 Å². The van der Waals surface area contributed by atoms with Gasteiger partial charge >= 0.3 is 6.18 Å². The summed E-state index contributed by atoms with van der Waals surface area (Å²) in [5, 5.41) is 3.28. The number of alkyl halides is 3. The molecule has 2 aliphatic rings. The van der Waals surface area contributed by atoms with Gasteiger partial charge in [-0.25, -0.2) is 0 Å². The summed E-state index contributed by atoms with van der Waals surface area (Å²) in [6, 6.07) is 12.4. The van der Waals surface area contributed by atoms with E-state index in [1.807, 2.05) is 30.3 Å². The molecule has 2 aromatic carbocycles. The minimum atomic E-state index is -4.52. The Balaban J connectivity index is 1.79. The van der Waals surface area contributed by atoms with Crippen molar-refractivity contribution in [3.05, 3.63) is 59.2 Å². The number of carbonyl (C=O) groups excluding carboxylic acids is 1. The topological polar surface area (TPSA) is 41.6 Å². The Hall–Kier alpha value is -2.19. The number of thioether (sulfide) groups is 1. The van der Waals surface area contributed by atoms with E-state index in [0.29, 0.717) is 6.04 Å². The van der Waals surface area contributed by atoms with Gasteiger partial charge in [0.25, 0.3) is 5.91 Å². The number of carbonyl (C=O) groups is 1.